The average Bonchev–Trinajstić information content (AvgIpc) is 2.46. The van der Waals surface area contributed by atoms with Gasteiger partial charge in [-0.15, -0.1) is 0 Å². The molecule has 3 N–H and O–H groups in total. The average molecular weight is 293 g/mol. The van der Waals surface area contributed by atoms with Gasteiger partial charge in [0, 0.05) is 19.6 Å². The number of piperidine rings is 1. The summed E-state index contributed by atoms with van der Waals surface area (Å²) in [5.41, 5.74) is 5.60. The molecule has 0 aromatic carbocycles. The molecule has 0 aromatic rings. The molecule has 2 aliphatic rings. The number of nitrogens with two attached hydrogens (primary N) is 1. The third-order valence-corrected chi connectivity index (χ3v) is 5.20. The number of nitrogens with one attached hydrogen (secondary N) is 1. The predicted octanol–water partition coefficient (Wildman–Crippen LogP) is -1.09. The molecule has 2 heterocycles. The van der Waals surface area contributed by atoms with Gasteiger partial charge >= 0.3 is 0 Å². The fourth-order valence-corrected chi connectivity index (χ4v) is 3.60. The molecule has 2 aliphatic heterocycles. The minimum absolute atomic E-state index is 0.190. The standard InChI is InChI=1S/C11H23N3O4S/c12-7-10-1-3-14(4-2-10)19(15,16)13-8-11-9-17-5-6-18-11/h10-11,13H,1-9,12H2. The molecule has 0 saturated carbocycles. The van der Waals surface area contributed by atoms with Crippen LogP contribution in [0.25, 0.3) is 0 Å². The van der Waals surface area contributed by atoms with Crippen LogP contribution >= 0.6 is 0 Å². The smallest absolute Gasteiger partial charge is 0.279 e. The van der Waals surface area contributed by atoms with Gasteiger partial charge < -0.3 is 15.2 Å². The summed E-state index contributed by atoms with van der Waals surface area (Å²) in [4.78, 5) is 0. The Bertz CT molecular complexity index is 362. The SMILES string of the molecule is NCC1CCN(S(=O)(=O)NCC2COCCO2)CC1. The molecule has 0 radical (unpaired) electrons. The highest BCUT2D eigenvalue weighted by Crippen LogP contribution is 2.17. The first-order valence-corrected chi connectivity index (χ1v) is 8.20. The van der Waals surface area contributed by atoms with E-state index in [0.29, 0.717) is 45.4 Å². The third-order valence-electron chi connectivity index (χ3n) is 3.63. The molecule has 0 aromatic heterocycles. The van der Waals surface area contributed by atoms with Gasteiger partial charge in [-0.25, -0.2) is 0 Å². The van der Waals surface area contributed by atoms with E-state index in [4.69, 9.17) is 15.2 Å². The zero-order chi connectivity index (χ0) is 13.7. The van der Waals surface area contributed by atoms with E-state index in [1.165, 1.54) is 4.31 Å². The van der Waals surface area contributed by atoms with Crippen molar-refractivity contribution in [3.05, 3.63) is 0 Å². The zero-order valence-corrected chi connectivity index (χ0v) is 11.9. The second-order valence-electron chi connectivity index (χ2n) is 5.00. The van der Waals surface area contributed by atoms with Crippen molar-refractivity contribution in [2.24, 2.45) is 11.7 Å². The van der Waals surface area contributed by atoms with Crippen LogP contribution in [0.2, 0.25) is 0 Å². The number of hydrogen-bond donors (Lipinski definition) is 2. The normalized spacial score (nSPS) is 27.5. The van der Waals surface area contributed by atoms with Crippen molar-refractivity contribution in [2.45, 2.75) is 18.9 Å². The molecule has 7 nitrogen and oxygen atoms in total. The van der Waals surface area contributed by atoms with Crippen molar-refractivity contribution >= 4 is 10.2 Å². The second-order valence-corrected chi connectivity index (χ2v) is 6.75. The summed E-state index contributed by atoms with van der Waals surface area (Å²) in [6.45, 7) is 3.52. The first-order chi connectivity index (χ1) is 9.12. The Labute approximate surface area is 114 Å². The van der Waals surface area contributed by atoms with Gasteiger partial charge in [0.1, 0.15) is 0 Å². The molecule has 19 heavy (non-hydrogen) atoms. The first kappa shape index (κ1) is 15.1. The summed E-state index contributed by atoms with van der Waals surface area (Å²) in [5.74, 6) is 0.446. The minimum Gasteiger partial charge on any atom is -0.376 e. The summed E-state index contributed by atoms with van der Waals surface area (Å²) in [7, 11) is -3.41. The lowest BCUT2D eigenvalue weighted by molar-refractivity contribution is -0.0847. The Balaban J connectivity index is 1.78. The molecule has 2 fully saturated rings. The number of nitrogens with zero attached hydrogens (tertiary/aromatic N) is 1. The lowest BCUT2D eigenvalue weighted by atomic mass is 9.99. The van der Waals surface area contributed by atoms with Crippen LogP contribution < -0.4 is 10.5 Å². The van der Waals surface area contributed by atoms with Gasteiger partial charge in [-0.05, 0) is 25.3 Å². The Kier molecular flexibility index (Phi) is 5.55. The molecule has 2 saturated heterocycles. The summed E-state index contributed by atoms with van der Waals surface area (Å²) in [6, 6.07) is 0. The topological polar surface area (TPSA) is 93.9 Å². The molecule has 0 bridgehead atoms. The molecular weight excluding hydrogens is 270 g/mol. The molecule has 1 unspecified atom stereocenters. The van der Waals surface area contributed by atoms with Crippen molar-refractivity contribution in [3.63, 3.8) is 0 Å². The summed E-state index contributed by atoms with van der Waals surface area (Å²) >= 11 is 0. The van der Waals surface area contributed by atoms with Gasteiger partial charge in [0.15, 0.2) is 0 Å². The molecule has 2 rings (SSSR count). The predicted molar refractivity (Wildman–Crippen MR) is 70.8 cm³/mol. The van der Waals surface area contributed by atoms with Crippen molar-refractivity contribution in [1.82, 2.24) is 9.03 Å². The number of ether oxygens (including phenoxy) is 2. The van der Waals surface area contributed by atoms with Crippen LogP contribution in [0.4, 0.5) is 0 Å². The lowest BCUT2D eigenvalue weighted by Gasteiger charge is -2.31. The Morgan fingerprint density at radius 2 is 2.00 bits per heavy atom. The van der Waals surface area contributed by atoms with Crippen LogP contribution in [0.3, 0.4) is 0 Å². The Morgan fingerprint density at radius 3 is 2.58 bits per heavy atom. The molecule has 8 heteroatoms. The zero-order valence-electron chi connectivity index (χ0n) is 11.1. The quantitative estimate of drug-likeness (QED) is 0.671. The maximum atomic E-state index is 12.1. The molecule has 0 spiro atoms. The van der Waals surface area contributed by atoms with E-state index in [0.717, 1.165) is 12.8 Å². The lowest BCUT2D eigenvalue weighted by Crippen LogP contribution is -2.48. The van der Waals surface area contributed by atoms with Crippen LogP contribution in [0.15, 0.2) is 0 Å². The molecule has 1 atom stereocenters. The van der Waals surface area contributed by atoms with Crippen LogP contribution in [-0.2, 0) is 19.7 Å². The first-order valence-electron chi connectivity index (χ1n) is 6.76. The Morgan fingerprint density at radius 1 is 1.26 bits per heavy atom. The van der Waals surface area contributed by atoms with Gasteiger partial charge in [-0.3, -0.25) is 0 Å². The van der Waals surface area contributed by atoms with Crippen molar-refractivity contribution in [3.8, 4) is 0 Å². The van der Waals surface area contributed by atoms with E-state index < -0.39 is 10.2 Å². The van der Waals surface area contributed by atoms with Gasteiger partial charge in [0.2, 0.25) is 0 Å². The van der Waals surface area contributed by atoms with E-state index in [2.05, 4.69) is 4.72 Å². The van der Waals surface area contributed by atoms with Gasteiger partial charge in [-0.2, -0.15) is 17.4 Å². The number of rotatable bonds is 5. The summed E-state index contributed by atoms with van der Waals surface area (Å²) < 4.78 is 38.9. The summed E-state index contributed by atoms with van der Waals surface area (Å²) in [5, 5.41) is 0. The fraction of sp³-hybridized carbons (Fsp3) is 1.00. The van der Waals surface area contributed by atoms with Crippen LogP contribution in [0, 0.1) is 5.92 Å². The minimum atomic E-state index is -3.41. The molecule has 0 aliphatic carbocycles. The second kappa shape index (κ2) is 6.96. The Hall–Kier alpha value is -0.250. The monoisotopic (exact) mass is 293 g/mol. The highest BCUT2D eigenvalue weighted by molar-refractivity contribution is 7.87. The van der Waals surface area contributed by atoms with E-state index in [1.54, 1.807) is 0 Å². The maximum absolute atomic E-state index is 12.1. The van der Waals surface area contributed by atoms with Gasteiger partial charge in [-0.1, -0.05) is 0 Å². The van der Waals surface area contributed by atoms with Crippen LogP contribution in [0.1, 0.15) is 12.8 Å². The van der Waals surface area contributed by atoms with E-state index in [1.807, 2.05) is 0 Å². The van der Waals surface area contributed by atoms with E-state index in [-0.39, 0.29) is 12.6 Å². The van der Waals surface area contributed by atoms with E-state index >= 15 is 0 Å². The highest BCUT2D eigenvalue weighted by atomic mass is 32.2. The van der Waals surface area contributed by atoms with Gasteiger partial charge in [0.05, 0.1) is 25.9 Å². The third kappa shape index (κ3) is 4.37. The van der Waals surface area contributed by atoms with Crippen LogP contribution in [-0.4, -0.2) is 64.8 Å². The molecule has 112 valence electrons. The van der Waals surface area contributed by atoms with Crippen LogP contribution in [0.5, 0.6) is 0 Å². The van der Waals surface area contributed by atoms with E-state index in [9.17, 15) is 8.42 Å². The molecular formula is C11H23N3O4S. The maximum Gasteiger partial charge on any atom is 0.279 e. The van der Waals surface area contributed by atoms with Crippen molar-refractivity contribution in [2.75, 3.05) is 46.0 Å². The fourth-order valence-electron chi connectivity index (χ4n) is 2.33. The van der Waals surface area contributed by atoms with Crippen molar-refractivity contribution in [1.29, 1.82) is 0 Å². The molecule has 0 amide bonds. The highest BCUT2D eigenvalue weighted by Gasteiger charge is 2.28. The van der Waals surface area contributed by atoms with Gasteiger partial charge in [0.25, 0.3) is 10.2 Å². The summed E-state index contributed by atoms with van der Waals surface area (Å²) in [6.07, 6.45) is 1.48. The largest absolute Gasteiger partial charge is 0.376 e. The number of hydrogen-bond acceptors (Lipinski definition) is 5. The van der Waals surface area contributed by atoms with Crippen molar-refractivity contribution < 1.29 is 17.9 Å².